The molecule has 1 aromatic heterocycles. The van der Waals surface area contributed by atoms with Crippen molar-refractivity contribution < 1.29 is 14.7 Å². The molecule has 0 saturated carbocycles. The van der Waals surface area contributed by atoms with Crippen molar-refractivity contribution in [3.05, 3.63) is 63.2 Å². The quantitative estimate of drug-likeness (QED) is 0.496. The first kappa shape index (κ1) is 20.7. The Bertz CT molecular complexity index is 866. The summed E-state index contributed by atoms with van der Waals surface area (Å²) in [6.07, 6.45) is 2.50. The molecule has 1 aliphatic rings. The van der Waals surface area contributed by atoms with E-state index < -0.39 is 0 Å². The zero-order valence-corrected chi connectivity index (χ0v) is 17.5. The van der Waals surface area contributed by atoms with Gasteiger partial charge in [0.05, 0.1) is 17.6 Å². The van der Waals surface area contributed by atoms with Crippen molar-refractivity contribution in [1.29, 1.82) is 0 Å². The summed E-state index contributed by atoms with van der Waals surface area (Å²) in [6.45, 7) is 0.0764. The van der Waals surface area contributed by atoms with Crippen LogP contribution in [0.3, 0.4) is 0 Å². The van der Waals surface area contributed by atoms with E-state index in [1.165, 1.54) is 16.7 Å². The van der Waals surface area contributed by atoms with Crippen LogP contribution < -0.4 is 5.32 Å². The average molecular weight is 433 g/mol. The third kappa shape index (κ3) is 5.51. The highest BCUT2D eigenvalue weighted by atomic mass is 32.2. The Morgan fingerprint density at radius 1 is 1.25 bits per heavy atom. The summed E-state index contributed by atoms with van der Waals surface area (Å²) < 4.78 is 0.462. The lowest BCUT2D eigenvalue weighted by molar-refractivity contribution is -0.124. The molecule has 1 aliphatic heterocycles. The molecule has 1 fully saturated rings. The topological polar surface area (TPSA) is 69.6 Å². The number of carbonyl (C=O) groups is 2. The molecule has 28 heavy (non-hydrogen) atoms. The Hall–Kier alpha value is -2.00. The minimum absolute atomic E-state index is 0.129. The predicted octanol–water partition coefficient (Wildman–Crippen LogP) is 3.06. The maximum absolute atomic E-state index is 12.6. The Labute approximate surface area is 177 Å². The number of thioether (sulfide) groups is 1. The summed E-state index contributed by atoms with van der Waals surface area (Å²) in [5, 5.41) is 14.3. The summed E-state index contributed by atoms with van der Waals surface area (Å²) in [5.74, 6) is -0.384. The van der Waals surface area contributed by atoms with Gasteiger partial charge in [-0.2, -0.15) is 0 Å². The molecule has 146 valence electrons. The molecule has 1 atom stereocenters. The van der Waals surface area contributed by atoms with E-state index in [0.29, 0.717) is 15.6 Å². The van der Waals surface area contributed by atoms with Gasteiger partial charge in [0.15, 0.2) is 0 Å². The van der Waals surface area contributed by atoms with E-state index in [1.807, 2.05) is 53.9 Å². The molecular weight excluding hydrogens is 412 g/mol. The number of aliphatic hydroxyl groups excluding tert-OH is 1. The van der Waals surface area contributed by atoms with Gasteiger partial charge in [-0.05, 0) is 29.5 Å². The van der Waals surface area contributed by atoms with Gasteiger partial charge in [0, 0.05) is 17.8 Å². The summed E-state index contributed by atoms with van der Waals surface area (Å²) >= 11 is 8.11. The first-order valence-electron chi connectivity index (χ1n) is 8.80. The number of carbonyl (C=O) groups excluding carboxylic acids is 2. The van der Waals surface area contributed by atoms with Gasteiger partial charge in [0.25, 0.3) is 5.91 Å². The largest absolute Gasteiger partial charge is 0.394 e. The monoisotopic (exact) mass is 432 g/mol. The zero-order valence-electron chi connectivity index (χ0n) is 15.0. The number of hydrogen-bond acceptors (Lipinski definition) is 6. The van der Waals surface area contributed by atoms with E-state index in [-0.39, 0.29) is 37.4 Å². The molecule has 0 unspecified atom stereocenters. The van der Waals surface area contributed by atoms with Crippen molar-refractivity contribution in [1.82, 2.24) is 10.2 Å². The second kappa shape index (κ2) is 9.97. The van der Waals surface area contributed by atoms with Crippen LogP contribution in [0.2, 0.25) is 0 Å². The molecule has 2 heterocycles. The maximum atomic E-state index is 12.6. The maximum Gasteiger partial charge on any atom is 0.266 e. The number of nitrogens with one attached hydrogen (secondary N) is 1. The Kier molecular flexibility index (Phi) is 7.38. The molecule has 0 aliphatic carbocycles. The lowest BCUT2D eigenvalue weighted by Crippen LogP contribution is -2.41. The molecule has 1 aromatic carbocycles. The summed E-state index contributed by atoms with van der Waals surface area (Å²) in [6, 6.07) is 13.2. The highest BCUT2D eigenvalue weighted by molar-refractivity contribution is 8.26. The minimum Gasteiger partial charge on any atom is -0.394 e. The molecule has 2 amide bonds. The normalized spacial score (nSPS) is 16.6. The van der Waals surface area contributed by atoms with Gasteiger partial charge in [0.1, 0.15) is 4.32 Å². The fraction of sp³-hybridized carbons (Fsp3) is 0.250. The summed E-state index contributed by atoms with van der Waals surface area (Å²) in [4.78, 5) is 27.9. The van der Waals surface area contributed by atoms with Crippen LogP contribution in [-0.2, 0) is 16.0 Å². The SMILES string of the molecule is O=C(CCN1C(=O)/C(=C/c2cccs2)SC1=S)N[C@H](CO)Cc1ccccc1. The van der Waals surface area contributed by atoms with Gasteiger partial charge in [0.2, 0.25) is 5.91 Å². The van der Waals surface area contributed by atoms with Crippen molar-refractivity contribution in [2.75, 3.05) is 13.2 Å². The van der Waals surface area contributed by atoms with Crippen LogP contribution in [0.25, 0.3) is 6.08 Å². The first-order valence-corrected chi connectivity index (χ1v) is 10.9. The average Bonchev–Trinajstić information content (AvgIpc) is 3.29. The van der Waals surface area contributed by atoms with Crippen molar-refractivity contribution in [3.8, 4) is 0 Å². The predicted molar refractivity (Wildman–Crippen MR) is 118 cm³/mol. The number of thiophene rings is 1. The fourth-order valence-electron chi connectivity index (χ4n) is 2.77. The first-order chi connectivity index (χ1) is 13.6. The molecule has 5 nitrogen and oxygen atoms in total. The van der Waals surface area contributed by atoms with Crippen LogP contribution in [0, 0.1) is 0 Å². The molecule has 3 rings (SSSR count). The molecule has 1 saturated heterocycles. The number of aliphatic hydroxyl groups is 1. The fourth-order valence-corrected chi connectivity index (χ4v) is 4.80. The van der Waals surface area contributed by atoms with Crippen LogP contribution in [0.1, 0.15) is 16.9 Å². The third-order valence-corrected chi connectivity index (χ3v) is 6.36. The standard InChI is InChI=1S/C20H20N2O3S3/c23-13-15(11-14-5-2-1-3-6-14)21-18(24)8-9-22-19(25)17(28-20(22)26)12-16-7-4-10-27-16/h1-7,10,12,15,23H,8-9,11,13H2,(H,21,24)/b17-12-/t15-/m0/s1. The molecule has 8 heteroatoms. The second-order valence-electron chi connectivity index (χ2n) is 6.24. The van der Waals surface area contributed by atoms with Gasteiger partial charge in [-0.25, -0.2) is 0 Å². The highest BCUT2D eigenvalue weighted by Crippen LogP contribution is 2.33. The Balaban J connectivity index is 1.52. The van der Waals surface area contributed by atoms with Crippen LogP contribution in [0.15, 0.2) is 52.7 Å². The number of benzene rings is 1. The number of nitrogens with zero attached hydrogens (tertiary/aromatic N) is 1. The van der Waals surface area contributed by atoms with Gasteiger partial charge >= 0.3 is 0 Å². The van der Waals surface area contributed by atoms with Crippen molar-refractivity contribution in [2.45, 2.75) is 18.9 Å². The van der Waals surface area contributed by atoms with Gasteiger partial charge < -0.3 is 10.4 Å². The Morgan fingerprint density at radius 2 is 2.04 bits per heavy atom. The Morgan fingerprint density at radius 3 is 2.71 bits per heavy atom. The van der Waals surface area contributed by atoms with Crippen molar-refractivity contribution in [2.24, 2.45) is 0 Å². The van der Waals surface area contributed by atoms with Gasteiger partial charge in [-0.1, -0.05) is 60.4 Å². The minimum atomic E-state index is -0.361. The molecule has 2 N–H and O–H groups in total. The van der Waals surface area contributed by atoms with Crippen LogP contribution in [0.5, 0.6) is 0 Å². The number of thiocarbonyl (C=S) groups is 1. The van der Waals surface area contributed by atoms with Crippen molar-refractivity contribution in [3.63, 3.8) is 0 Å². The molecule has 2 aromatic rings. The van der Waals surface area contributed by atoms with Gasteiger partial charge in [-0.3, -0.25) is 14.5 Å². The lowest BCUT2D eigenvalue weighted by Gasteiger charge is -2.18. The van der Waals surface area contributed by atoms with Crippen LogP contribution in [0.4, 0.5) is 0 Å². The van der Waals surface area contributed by atoms with E-state index in [9.17, 15) is 14.7 Å². The second-order valence-corrected chi connectivity index (χ2v) is 8.89. The van der Waals surface area contributed by atoms with E-state index in [1.54, 1.807) is 11.3 Å². The summed E-state index contributed by atoms with van der Waals surface area (Å²) in [7, 11) is 0. The number of hydrogen-bond donors (Lipinski definition) is 2. The molecule has 0 spiro atoms. The van der Waals surface area contributed by atoms with Crippen LogP contribution >= 0.6 is 35.3 Å². The van der Waals surface area contributed by atoms with E-state index >= 15 is 0 Å². The molecular formula is C20H20N2O3S3. The zero-order chi connectivity index (χ0) is 19.9. The van der Waals surface area contributed by atoms with E-state index in [2.05, 4.69) is 5.32 Å². The molecule has 0 bridgehead atoms. The van der Waals surface area contributed by atoms with E-state index in [4.69, 9.17) is 12.2 Å². The number of rotatable bonds is 8. The molecule has 0 radical (unpaired) electrons. The van der Waals surface area contributed by atoms with E-state index in [0.717, 1.165) is 10.4 Å². The van der Waals surface area contributed by atoms with Crippen molar-refractivity contribution >= 4 is 57.5 Å². The third-order valence-electron chi connectivity index (χ3n) is 4.16. The van der Waals surface area contributed by atoms with Crippen LogP contribution in [-0.4, -0.2) is 45.3 Å². The smallest absolute Gasteiger partial charge is 0.266 e. The summed E-state index contributed by atoms with van der Waals surface area (Å²) in [5.41, 5.74) is 1.04. The van der Waals surface area contributed by atoms with Gasteiger partial charge in [-0.15, -0.1) is 11.3 Å². The number of amides is 2. The lowest BCUT2D eigenvalue weighted by atomic mass is 10.1. The highest BCUT2D eigenvalue weighted by Gasteiger charge is 2.32.